The predicted octanol–water partition coefficient (Wildman–Crippen LogP) is 6.70. The molecule has 2 N–H and O–H groups in total. The minimum atomic E-state index is -5.08. The predicted molar refractivity (Wildman–Crippen MR) is 129 cm³/mol. The number of hydrogen-bond acceptors (Lipinski definition) is 4. The summed E-state index contributed by atoms with van der Waals surface area (Å²) >= 11 is 1.22. The molecule has 1 saturated heterocycles. The van der Waals surface area contributed by atoms with E-state index in [1.54, 1.807) is 18.2 Å². The van der Waals surface area contributed by atoms with E-state index >= 15 is 0 Å². The summed E-state index contributed by atoms with van der Waals surface area (Å²) in [5.41, 5.74) is 0.111. The molecule has 0 saturated carbocycles. The second kappa shape index (κ2) is 12.3. The molecule has 1 aliphatic heterocycles. The van der Waals surface area contributed by atoms with Crippen molar-refractivity contribution in [3.8, 4) is 10.4 Å². The van der Waals surface area contributed by atoms with Crippen LogP contribution >= 0.6 is 11.3 Å². The average molecular weight is 553 g/mol. The van der Waals surface area contributed by atoms with Crippen LogP contribution in [0.15, 0.2) is 36.4 Å². The van der Waals surface area contributed by atoms with E-state index in [9.17, 15) is 31.1 Å². The van der Waals surface area contributed by atoms with Crippen molar-refractivity contribution in [1.82, 2.24) is 10.2 Å². The normalized spacial score (nSPS) is 15.6. The standard InChI is InChI=1S/C23H29F3N2OS.C2HF3O2/c1-22(2,3)11-14-28-12-9-18(10-13-28)27-21(29)20-8-7-19(30-20)16-5-4-6-17(15-16)23(24,25)26;3-2(4,5)1(6)7/h4-8,15,18H,9-14H2,1-3H3,(H,27,29);(H,6,7). The number of likely N-dealkylation sites (tertiary alicyclic amines) is 1. The zero-order valence-electron chi connectivity index (χ0n) is 20.7. The lowest BCUT2D eigenvalue weighted by molar-refractivity contribution is -0.192. The summed E-state index contributed by atoms with van der Waals surface area (Å²) in [6.07, 6.45) is -6.48. The first-order chi connectivity index (χ1) is 17.0. The lowest BCUT2D eigenvalue weighted by atomic mass is 9.91. The van der Waals surface area contributed by atoms with E-state index in [4.69, 9.17) is 9.90 Å². The monoisotopic (exact) mass is 552 g/mol. The SMILES string of the molecule is CC(C)(C)CCN1CCC(NC(=O)c2ccc(-c3cccc(C(F)(F)F)c3)s2)CC1.O=C(O)C(F)(F)F. The Hall–Kier alpha value is -2.60. The highest BCUT2D eigenvalue weighted by molar-refractivity contribution is 7.17. The third kappa shape index (κ3) is 10.4. The summed E-state index contributed by atoms with van der Waals surface area (Å²) < 4.78 is 70.6. The molecule has 1 aromatic carbocycles. The van der Waals surface area contributed by atoms with Crippen LogP contribution in [-0.4, -0.2) is 53.7 Å². The first-order valence-electron chi connectivity index (χ1n) is 11.6. The average Bonchev–Trinajstić information content (AvgIpc) is 3.28. The van der Waals surface area contributed by atoms with E-state index in [1.807, 2.05) is 0 Å². The molecule has 1 aliphatic rings. The molecule has 0 bridgehead atoms. The lowest BCUT2D eigenvalue weighted by Crippen LogP contribution is -2.45. The van der Waals surface area contributed by atoms with Gasteiger partial charge in [-0.3, -0.25) is 4.79 Å². The maximum atomic E-state index is 12.9. The molecular formula is C25H30F6N2O3S. The van der Waals surface area contributed by atoms with Gasteiger partial charge in [-0.1, -0.05) is 32.9 Å². The van der Waals surface area contributed by atoms with Gasteiger partial charge in [0.15, 0.2) is 0 Å². The van der Waals surface area contributed by atoms with Gasteiger partial charge < -0.3 is 15.3 Å². The highest BCUT2D eigenvalue weighted by Crippen LogP contribution is 2.34. The quantitative estimate of drug-likeness (QED) is 0.405. The number of piperidine rings is 1. The number of nitrogens with one attached hydrogen (secondary N) is 1. The summed E-state index contributed by atoms with van der Waals surface area (Å²) in [5, 5.41) is 10.2. The van der Waals surface area contributed by atoms with E-state index in [0.29, 0.717) is 20.7 Å². The zero-order valence-corrected chi connectivity index (χ0v) is 21.5. The Balaban J connectivity index is 0.000000604. The van der Waals surface area contributed by atoms with Gasteiger partial charge in [-0.25, -0.2) is 4.79 Å². The third-order valence-electron chi connectivity index (χ3n) is 5.65. The minimum absolute atomic E-state index is 0.141. The Morgan fingerprint density at radius 3 is 2.14 bits per heavy atom. The van der Waals surface area contributed by atoms with Gasteiger partial charge in [-0.15, -0.1) is 11.3 Å². The van der Waals surface area contributed by atoms with Gasteiger partial charge in [-0.05, 0) is 61.1 Å². The first-order valence-corrected chi connectivity index (χ1v) is 12.4. The van der Waals surface area contributed by atoms with E-state index in [1.165, 1.54) is 17.4 Å². The molecular weight excluding hydrogens is 522 g/mol. The highest BCUT2D eigenvalue weighted by Gasteiger charge is 2.38. The summed E-state index contributed by atoms with van der Waals surface area (Å²) in [7, 11) is 0. The number of carboxylic acids is 1. The number of amides is 1. The summed E-state index contributed by atoms with van der Waals surface area (Å²) in [5.74, 6) is -2.90. The van der Waals surface area contributed by atoms with Crippen molar-refractivity contribution in [2.45, 2.75) is 58.4 Å². The molecule has 0 spiro atoms. The second-order valence-corrected chi connectivity index (χ2v) is 11.0. The van der Waals surface area contributed by atoms with Crippen LogP contribution in [0.4, 0.5) is 26.3 Å². The fourth-order valence-corrected chi connectivity index (χ4v) is 4.42. The molecule has 1 aromatic heterocycles. The van der Waals surface area contributed by atoms with E-state index < -0.39 is 23.9 Å². The van der Waals surface area contributed by atoms with Gasteiger partial charge in [0, 0.05) is 24.0 Å². The Bertz CT molecular complexity index is 1050. The maximum Gasteiger partial charge on any atom is 0.490 e. The molecule has 206 valence electrons. The fourth-order valence-electron chi connectivity index (χ4n) is 3.51. The van der Waals surface area contributed by atoms with Crippen LogP contribution in [0.2, 0.25) is 0 Å². The number of halogens is 6. The van der Waals surface area contributed by atoms with Gasteiger partial charge >= 0.3 is 18.3 Å². The van der Waals surface area contributed by atoms with Crippen LogP contribution in [0.3, 0.4) is 0 Å². The zero-order chi connectivity index (χ0) is 28.0. The Morgan fingerprint density at radius 2 is 1.62 bits per heavy atom. The maximum absolute atomic E-state index is 12.9. The number of benzene rings is 1. The topological polar surface area (TPSA) is 69.6 Å². The molecule has 37 heavy (non-hydrogen) atoms. The van der Waals surface area contributed by atoms with Crippen LogP contribution in [0, 0.1) is 5.41 Å². The van der Waals surface area contributed by atoms with Gasteiger partial charge in [0.05, 0.1) is 10.4 Å². The molecule has 3 rings (SSSR count). The molecule has 2 heterocycles. The smallest absolute Gasteiger partial charge is 0.475 e. The second-order valence-electron chi connectivity index (χ2n) is 9.95. The van der Waals surface area contributed by atoms with Crippen molar-refractivity contribution < 1.29 is 41.0 Å². The fraction of sp³-hybridized carbons (Fsp3) is 0.520. The van der Waals surface area contributed by atoms with Gasteiger partial charge in [-0.2, -0.15) is 26.3 Å². The molecule has 0 aliphatic carbocycles. The third-order valence-corrected chi connectivity index (χ3v) is 6.78. The van der Waals surface area contributed by atoms with Crippen molar-refractivity contribution in [1.29, 1.82) is 0 Å². The number of carboxylic acid groups (broad SMARTS) is 1. The summed E-state index contributed by atoms with van der Waals surface area (Å²) in [6.45, 7) is 9.76. The highest BCUT2D eigenvalue weighted by atomic mass is 32.1. The van der Waals surface area contributed by atoms with Crippen LogP contribution in [-0.2, 0) is 11.0 Å². The molecule has 2 aromatic rings. The molecule has 1 fully saturated rings. The van der Waals surface area contributed by atoms with Crippen molar-refractivity contribution >= 4 is 23.2 Å². The summed E-state index contributed by atoms with van der Waals surface area (Å²) in [4.78, 5) is 25.2. The number of alkyl halides is 6. The van der Waals surface area contributed by atoms with Gasteiger partial charge in [0.2, 0.25) is 0 Å². The van der Waals surface area contributed by atoms with Crippen molar-refractivity contribution in [3.63, 3.8) is 0 Å². The van der Waals surface area contributed by atoms with E-state index in [2.05, 4.69) is 31.0 Å². The summed E-state index contributed by atoms with van der Waals surface area (Å²) in [6, 6.07) is 8.75. The van der Waals surface area contributed by atoms with Crippen LogP contribution in [0.1, 0.15) is 55.3 Å². The first kappa shape index (κ1) is 30.6. The van der Waals surface area contributed by atoms with Crippen LogP contribution in [0.25, 0.3) is 10.4 Å². The largest absolute Gasteiger partial charge is 0.490 e. The Kier molecular flexibility index (Phi) is 10.2. The molecule has 5 nitrogen and oxygen atoms in total. The Labute approximate surface area is 215 Å². The molecule has 12 heteroatoms. The van der Waals surface area contributed by atoms with Crippen molar-refractivity contribution in [3.05, 3.63) is 46.8 Å². The number of nitrogens with zero attached hydrogens (tertiary/aromatic N) is 1. The van der Waals surface area contributed by atoms with E-state index in [0.717, 1.165) is 51.0 Å². The van der Waals surface area contributed by atoms with Crippen molar-refractivity contribution in [2.24, 2.45) is 5.41 Å². The molecule has 0 radical (unpaired) electrons. The molecule has 0 unspecified atom stereocenters. The van der Waals surface area contributed by atoms with Crippen LogP contribution < -0.4 is 5.32 Å². The number of hydrogen-bond donors (Lipinski definition) is 2. The van der Waals surface area contributed by atoms with Crippen LogP contribution in [0.5, 0.6) is 0 Å². The number of carbonyl (C=O) groups is 2. The number of carbonyl (C=O) groups excluding carboxylic acids is 1. The van der Waals surface area contributed by atoms with Crippen molar-refractivity contribution in [2.75, 3.05) is 19.6 Å². The molecule has 1 amide bonds. The number of rotatable bonds is 5. The Morgan fingerprint density at radius 1 is 1.03 bits per heavy atom. The lowest BCUT2D eigenvalue weighted by Gasteiger charge is -2.33. The number of thiophene rings is 1. The number of aliphatic carboxylic acids is 1. The minimum Gasteiger partial charge on any atom is -0.475 e. The van der Waals surface area contributed by atoms with E-state index in [-0.39, 0.29) is 11.9 Å². The van der Waals surface area contributed by atoms with Gasteiger partial charge in [0.25, 0.3) is 5.91 Å². The molecule has 0 atom stereocenters. The van der Waals surface area contributed by atoms with Gasteiger partial charge in [0.1, 0.15) is 0 Å².